The fourth-order valence-corrected chi connectivity index (χ4v) is 2.85. The van der Waals surface area contributed by atoms with Gasteiger partial charge in [0, 0.05) is 13.1 Å². The summed E-state index contributed by atoms with van der Waals surface area (Å²) < 4.78 is 75.9. The van der Waals surface area contributed by atoms with Crippen molar-refractivity contribution in [1.82, 2.24) is 39.6 Å². The van der Waals surface area contributed by atoms with Gasteiger partial charge in [0.05, 0.1) is 6.10 Å². The molecule has 1 N–H and O–H groups in total. The number of fused-ring (bicyclic) bond motifs is 2. The molecule has 10 nitrogen and oxygen atoms in total. The van der Waals surface area contributed by atoms with Crippen molar-refractivity contribution in [2.24, 2.45) is 0 Å². The Hall–Kier alpha value is -3.27. The number of alkyl halides is 6. The van der Waals surface area contributed by atoms with E-state index in [9.17, 15) is 26.3 Å². The van der Waals surface area contributed by atoms with Gasteiger partial charge in [-0.1, -0.05) is 11.6 Å². The van der Waals surface area contributed by atoms with E-state index in [1.807, 2.05) is 0 Å². The largest absolute Gasteiger partial charge is 0.453 e. The molecule has 0 aliphatic carbocycles. The molecule has 0 radical (unpaired) electrons. The molecular formula is C15H10ClF6N9O. The number of anilines is 1. The SMILES string of the molecule is FC(F)(F)c1nnc2ccc(Cl)nn12.OC1CN(c2ccc3nnc(C(F)(F)F)n3n2)C1. The number of aliphatic hydroxyl groups is 1. The lowest BCUT2D eigenvalue weighted by Crippen LogP contribution is -2.51. The van der Waals surface area contributed by atoms with Crippen LogP contribution in [0.5, 0.6) is 0 Å². The second kappa shape index (κ2) is 7.70. The van der Waals surface area contributed by atoms with Crippen LogP contribution in [0.4, 0.5) is 32.2 Å². The van der Waals surface area contributed by atoms with Gasteiger partial charge in [0.1, 0.15) is 11.0 Å². The topological polar surface area (TPSA) is 110 Å². The van der Waals surface area contributed by atoms with Gasteiger partial charge < -0.3 is 10.0 Å². The Labute approximate surface area is 178 Å². The Morgan fingerprint density at radius 3 is 1.78 bits per heavy atom. The van der Waals surface area contributed by atoms with E-state index < -0.39 is 30.1 Å². The molecule has 5 rings (SSSR count). The lowest BCUT2D eigenvalue weighted by Gasteiger charge is -2.36. The number of halogens is 7. The zero-order valence-corrected chi connectivity index (χ0v) is 16.2. The molecule has 17 heteroatoms. The first-order valence-electron chi connectivity index (χ1n) is 8.61. The third-order valence-corrected chi connectivity index (χ3v) is 4.37. The predicted molar refractivity (Wildman–Crippen MR) is 94.8 cm³/mol. The molecule has 0 saturated carbocycles. The molecule has 1 aliphatic heterocycles. The van der Waals surface area contributed by atoms with E-state index in [0.717, 1.165) is 0 Å². The lowest BCUT2D eigenvalue weighted by atomic mass is 10.2. The molecule has 4 aromatic rings. The summed E-state index contributed by atoms with van der Waals surface area (Å²) in [4.78, 5) is 1.67. The molecule has 0 bridgehead atoms. The quantitative estimate of drug-likeness (QED) is 0.412. The molecule has 1 aliphatic rings. The summed E-state index contributed by atoms with van der Waals surface area (Å²) >= 11 is 5.44. The van der Waals surface area contributed by atoms with Gasteiger partial charge in [-0.2, -0.15) is 40.5 Å². The lowest BCUT2D eigenvalue weighted by molar-refractivity contribution is -0.147. The van der Waals surface area contributed by atoms with E-state index in [4.69, 9.17) is 16.7 Å². The zero-order chi connectivity index (χ0) is 23.3. The molecule has 0 spiro atoms. The van der Waals surface area contributed by atoms with Crippen LogP contribution in [0.15, 0.2) is 24.3 Å². The van der Waals surface area contributed by atoms with E-state index >= 15 is 0 Å². The summed E-state index contributed by atoms with van der Waals surface area (Å²) in [6.07, 6.45) is -9.64. The van der Waals surface area contributed by atoms with Crippen molar-refractivity contribution < 1.29 is 31.4 Å². The number of nitrogens with zero attached hydrogens (tertiary/aromatic N) is 9. The number of aliphatic hydroxyl groups excluding tert-OH is 1. The van der Waals surface area contributed by atoms with Crippen molar-refractivity contribution in [3.8, 4) is 0 Å². The fraction of sp³-hybridized carbons (Fsp3) is 0.333. The van der Waals surface area contributed by atoms with Gasteiger partial charge in [0.25, 0.3) is 11.6 Å². The maximum atomic E-state index is 12.6. The molecule has 1 saturated heterocycles. The molecular weight excluding hydrogens is 472 g/mol. The monoisotopic (exact) mass is 481 g/mol. The Morgan fingerprint density at radius 1 is 0.781 bits per heavy atom. The predicted octanol–water partition coefficient (Wildman–Crippen LogP) is 2.12. The summed E-state index contributed by atoms with van der Waals surface area (Å²) in [5.74, 6) is -1.98. The Morgan fingerprint density at radius 2 is 1.28 bits per heavy atom. The highest BCUT2D eigenvalue weighted by molar-refractivity contribution is 6.29. The minimum Gasteiger partial charge on any atom is -0.389 e. The third kappa shape index (κ3) is 4.22. The summed E-state index contributed by atoms with van der Waals surface area (Å²) in [5.41, 5.74) is 0.0360. The smallest absolute Gasteiger partial charge is 0.389 e. The molecule has 1 fully saturated rings. The van der Waals surface area contributed by atoms with Crippen LogP contribution < -0.4 is 4.90 Å². The van der Waals surface area contributed by atoms with E-state index in [-0.39, 0.29) is 16.4 Å². The first kappa shape index (κ1) is 21.9. The second-order valence-corrected chi connectivity index (χ2v) is 6.88. The summed E-state index contributed by atoms with van der Waals surface area (Å²) in [5, 5.41) is 29.1. The number of β-amino-alcohol motifs (C(OH)–C–C–N with tert-alkyl or cyclic N) is 1. The molecule has 0 atom stereocenters. The van der Waals surface area contributed by atoms with Crippen molar-refractivity contribution in [2.45, 2.75) is 18.5 Å². The van der Waals surface area contributed by atoms with Crippen molar-refractivity contribution in [2.75, 3.05) is 18.0 Å². The maximum absolute atomic E-state index is 12.6. The van der Waals surface area contributed by atoms with E-state index in [0.29, 0.717) is 27.9 Å². The van der Waals surface area contributed by atoms with Crippen LogP contribution in [0, 0.1) is 0 Å². The molecule has 0 amide bonds. The maximum Gasteiger partial charge on any atom is 0.453 e. The number of hydrogen-bond acceptors (Lipinski definition) is 8. The minimum atomic E-state index is -4.60. The van der Waals surface area contributed by atoms with E-state index in [2.05, 4.69) is 30.6 Å². The Kier molecular flexibility index (Phi) is 5.28. The van der Waals surface area contributed by atoms with E-state index in [1.165, 1.54) is 18.2 Å². The van der Waals surface area contributed by atoms with Crippen molar-refractivity contribution >= 4 is 28.7 Å². The van der Waals surface area contributed by atoms with Gasteiger partial charge in [0.15, 0.2) is 11.3 Å². The normalized spacial score (nSPS) is 15.1. The molecule has 32 heavy (non-hydrogen) atoms. The minimum absolute atomic E-state index is 0.00160. The van der Waals surface area contributed by atoms with Crippen LogP contribution in [-0.4, -0.2) is 63.9 Å². The van der Waals surface area contributed by atoms with Gasteiger partial charge in [0.2, 0.25) is 0 Å². The van der Waals surface area contributed by atoms with Crippen LogP contribution in [0.3, 0.4) is 0 Å². The highest BCUT2D eigenvalue weighted by atomic mass is 35.5. The molecule has 0 aromatic carbocycles. The Balaban J connectivity index is 0.000000158. The highest BCUT2D eigenvalue weighted by Gasteiger charge is 2.38. The molecule has 170 valence electrons. The second-order valence-electron chi connectivity index (χ2n) is 6.49. The third-order valence-electron chi connectivity index (χ3n) is 4.17. The highest BCUT2D eigenvalue weighted by Crippen LogP contribution is 2.29. The summed E-state index contributed by atoms with van der Waals surface area (Å²) in [7, 11) is 0. The number of hydrogen-bond donors (Lipinski definition) is 1. The summed E-state index contributed by atoms with van der Waals surface area (Å²) in [6.45, 7) is 0.726. The fourth-order valence-electron chi connectivity index (χ4n) is 2.71. The number of rotatable bonds is 1. The van der Waals surface area contributed by atoms with Crippen molar-refractivity contribution in [1.29, 1.82) is 0 Å². The summed E-state index contributed by atoms with van der Waals surface area (Å²) in [6, 6.07) is 5.61. The van der Waals surface area contributed by atoms with Gasteiger partial charge in [-0.05, 0) is 24.3 Å². The van der Waals surface area contributed by atoms with Crippen LogP contribution in [0.2, 0.25) is 5.15 Å². The number of aromatic nitrogens is 8. The molecule has 4 aromatic heterocycles. The van der Waals surface area contributed by atoms with Crippen LogP contribution in [0.1, 0.15) is 11.6 Å². The van der Waals surface area contributed by atoms with Gasteiger partial charge in [-0.25, -0.2) is 0 Å². The van der Waals surface area contributed by atoms with Crippen LogP contribution in [0.25, 0.3) is 11.3 Å². The average molecular weight is 482 g/mol. The van der Waals surface area contributed by atoms with Gasteiger partial charge in [-0.3, -0.25) is 0 Å². The van der Waals surface area contributed by atoms with E-state index in [1.54, 1.807) is 11.0 Å². The van der Waals surface area contributed by atoms with Crippen molar-refractivity contribution in [3.63, 3.8) is 0 Å². The van der Waals surface area contributed by atoms with Gasteiger partial charge >= 0.3 is 12.4 Å². The first-order chi connectivity index (χ1) is 14.9. The Bertz CT molecular complexity index is 1260. The zero-order valence-electron chi connectivity index (χ0n) is 15.4. The van der Waals surface area contributed by atoms with Crippen LogP contribution >= 0.6 is 11.6 Å². The van der Waals surface area contributed by atoms with Gasteiger partial charge in [-0.15, -0.1) is 25.5 Å². The van der Waals surface area contributed by atoms with Crippen molar-refractivity contribution in [3.05, 3.63) is 41.1 Å². The standard InChI is InChI=1S/C9H8F3N5O.C6H2ClF3N4/c10-9(11,12)8-14-13-6-1-2-7(15-17(6)8)16-3-5(18)4-16;7-3-1-2-4-11-12-5(6(8,9)10)14(4)13-3/h1-2,5,18H,3-4H2;1-2H. The molecule has 5 heterocycles. The first-order valence-corrected chi connectivity index (χ1v) is 8.99. The van der Waals surface area contributed by atoms with Crippen LogP contribution in [-0.2, 0) is 12.4 Å². The average Bonchev–Trinajstić information content (AvgIpc) is 3.28. The molecule has 0 unspecified atom stereocenters.